The van der Waals surface area contributed by atoms with E-state index in [0.29, 0.717) is 28.2 Å². The van der Waals surface area contributed by atoms with Crippen molar-refractivity contribution in [2.75, 3.05) is 5.32 Å². The summed E-state index contributed by atoms with van der Waals surface area (Å²) in [6.07, 6.45) is -0.983. The molecule has 30 heavy (non-hydrogen) atoms. The highest BCUT2D eigenvalue weighted by atomic mass is 16.5. The van der Waals surface area contributed by atoms with Gasteiger partial charge in [0.25, 0.3) is 5.91 Å². The van der Waals surface area contributed by atoms with Crippen molar-refractivity contribution in [2.45, 2.75) is 52.6 Å². The summed E-state index contributed by atoms with van der Waals surface area (Å²) in [6.45, 7) is 9.78. The van der Waals surface area contributed by atoms with E-state index in [2.05, 4.69) is 29.1 Å². The summed E-state index contributed by atoms with van der Waals surface area (Å²) in [5.41, 5.74) is 3.92. The van der Waals surface area contributed by atoms with Gasteiger partial charge in [-0.25, -0.2) is 9.59 Å². The highest BCUT2D eigenvalue weighted by Gasteiger charge is 2.22. The molecule has 0 saturated heterocycles. The number of esters is 1. The van der Waals surface area contributed by atoms with E-state index in [4.69, 9.17) is 4.74 Å². The molecule has 1 heterocycles. The van der Waals surface area contributed by atoms with Crippen LogP contribution in [0.25, 0.3) is 11.0 Å². The van der Waals surface area contributed by atoms with Crippen molar-refractivity contribution in [1.82, 2.24) is 9.97 Å². The lowest BCUT2D eigenvalue weighted by molar-refractivity contribution is -0.123. The Kier molecular flexibility index (Phi) is 6.10. The van der Waals surface area contributed by atoms with E-state index in [1.165, 1.54) is 6.92 Å². The van der Waals surface area contributed by atoms with Crippen molar-refractivity contribution >= 4 is 28.6 Å². The Morgan fingerprint density at radius 2 is 1.60 bits per heavy atom. The fourth-order valence-electron chi connectivity index (χ4n) is 3.24. The molecule has 1 atom stereocenters. The molecule has 3 rings (SSSR count). The fourth-order valence-corrected chi connectivity index (χ4v) is 3.24. The van der Waals surface area contributed by atoms with E-state index < -0.39 is 18.0 Å². The first-order valence-corrected chi connectivity index (χ1v) is 10.0. The van der Waals surface area contributed by atoms with E-state index in [0.717, 1.165) is 11.1 Å². The molecule has 0 aliphatic heterocycles. The van der Waals surface area contributed by atoms with Crippen LogP contribution in [0.15, 0.2) is 41.2 Å². The summed E-state index contributed by atoms with van der Waals surface area (Å²) >= 11 is 0. The molecule has 0 radical (unpaired) electrons. The van der Waals surface area contributed by atoms with Gasteiger partial charge >= 0.3 is 11.7 Å². The molecule has 3 aromatic rings. The van der Waals surface area contributed by atoms with Crippen molar-refractivity contribution in [1.29, 1.82) is 0 Å². The number of aromatic nitrogens is 2. The first-order chi connectivity index (χ1) is 14.2. The zero-order chi connectivity index (χ0) is 22.0. The number of H-pyrrole nitrogens is 2. The topological polar surface area (TPSA) is 104 Å². The maximum Gasteiger partial charge on any atom is 0.339 e. The lowest BCUT2D eigenvalue weighted by atomic mass is 9.91. The third-order valence-corrected chi connectivity index (χ3v) is 5.02. The molecule has 0 aliphatic carbocycles. The van der Waals surface area contributed by atoms with Gasteiger partial charge in [0.05, 0.1) is 16.6 Å². The maximum atomic E-state index is 12.7. The molecule has 3 N–H and O–H groups in total. The van der Waals surface area contributed by atoms with Crippen LogP contribution in [0.3, 0.4) is 0 Å². The molecule has 0 bridgehead atoms. The van der Waals surface area contributed by atoms with E-state index in [1.54, 1.807) is 24.3 Å². The lowest BCUT2D eigenvalue weighted by Crippen LogP contribution is -2.30. The summed E-state index contributed by atoms with van der Waals surface area (Å²) in [4.78, 5) is 41.9. The molecule has 0 spiro atoms. The Morgan fingerprint density at radius 3 is 2.27 bits per heavy atom. The molecule has 2 aromatic carbocycles. The highest BCUT2D eigenvalue weighted by Crippen LogP contribution is 2.26. The molecule has 1 aromatic heterocycles. The second-order valence-electron chi connectivity index (χ2n) is 8.03. The number of carbonyl (C=O) groups excluding carboxylic acids is 2. The number of hydrogen-bond donors (Lipinski definition) is 3. The Hall–Kier alpha value is -3.35. The maximum absolute atomic E-state index is 12.7. The number of rotatable bonds is 6. The number of anilines is 1. The highest BCUT2D eigenvalue weighted by molar-refractivity contribution is 5.98. The molecule has 1 amide bonds. The van der Waals surface area contributed by atoms with Crippen LogP contribution < -0.4 is 11.0 Å². The first kappa shape index (κ1) is 21.4. The van der Waals surface area contributed by atoms with Crippen LogP contribution in [0.2, 0.25) is 0 Å². The molecule has 158 valence electrons. The lowest BCUT2D eigenvalue weighted by Gasteiger charge is -2.18. The summed E-state index contributed by atoms with van der Waals surface area (Å²) in [5, 5.41) is 2.71. The van der Waals surface area contributed by atoms with Crippen LogP contribution in [-0.2, 0) is 9.53 Å². The molecule has 0 saturated carbocycles. The van der Waals surface area contributed by atoms with Crippen molar-refractivity contribution in [2.24, 2.45) is 0 Å². The van der Waals surface area contributed by atoms with Gasteiger partial charge in [-0.1, -0.05) is 39.8 Å². The minimum atomic E-state index is -0.983. The largest absolute Gasteiger partial charge is 0.449 e. The van der Waals surface area contributed by atoms with Gasteiger partial charge in [0.2, 0.25) is 0 Å². The number of aromatic amines is 2. The number of benzene rings is 2. The standard InChI is InChI=1S/C23H27N3O4/c1-12(2)15-6-8-17(18(10-15)13(3)4)22(28)30-14(5)21(27)24-16-7-9-19-20(11-16)26-23(29)25-19/h6-14H,1-5H3,(H,24,27)(H2,25,26,29)/t14-/m1/s1. The average Bonchev–Trinajstić information content (AvgIpc) is 3.06. The van der Waals surface area contributed by atoms with Crippen LogP contribution in [0, 0.1) is 0 Å². The quantitative estimate of drug-likeness (QED) is 0.528. The van der Waals surface area contributed by atoms with Gasteiger partial charge in [0.1, 0.15) is 0 Å². The van der Waals surface area contributed by atoms with Crippen LogP contribution in [0.4, 0.5) is 5.69 Å². The fraction of sp³-hybridized carbons (Fsp3) is 0.348. The molecule has 7 nitrogen and oxygen atoms in total. The summed E-state index contributed by atoms with van der Waals surface area (Å²) in [7, 11) is 0. The molecule has 7 heteroatoms. The third-order valence-electron chi connectivity index (χ3n) is 5.02. The van der Waals surface area contributed by atoms with Gasteiger partial charge in [-0.15, -0.1) is 0 Å². The second-order valence-corrected chi connectivity index (χ2v) is 8.03. The molecule has 0 unspecified atom stereocenters. The predicted octanol–water partition coefficient (Wildman–Crippen LogP) is 4.29. The van der Waals surface area contributed by atoms with Gasteiger partial charge in [0, 0.05) is 5.69 Å². The molecular formula is C23H27N3O4. The van der Waals surface area contributed by atoms with Crippen molar-refractivity contribution in [3.63, 3.8) is 0 Å². The molecule has 0 aliphatic rings. The van der Waals surface area contributed by atoms with Gasteiger partial charge in [0.15, 0.2) is 6.10 Å². The Labute approximate surface area is 174 Å². The first-order valence-electron chi connectivity index (χ1n) is 10.0. The zero-order valence-corrected chi connectivity index (χ0v) is 17.8. The van der Waals surface area contributed by atoms with Gasteiger partial charge in [-0.05, 0) is 54.2 Å². The summed E-state index contributed by atoms with van der Waals surface area (Å²) in [5.74, 6) is -0.484. The third kappa shape index (κ3) is 4.62. The van der Waals surface area contributed by atoms with Crippen molar-refractivity contribution in [3.05, 3.63) is 63.6 Å². The number of imidazole rings is 1. The Balaban J connectivity index is 1.72. The number of fused-ring (bicyclic) bond motifs is 1. The van der Waals surface area contributed by atoms with Crippen LogP contribution in [0.5, 0.6) is 0 Å². The molecule has 0 fully saturated rings. The zero-order valence-electron chi connectivity index (χ0n) is 17.8. The van der Waals surface area contributed by atoms with Crippen LogP contribution in [0.1, 0.15) is 67.9 Å². The Morgan fingerprint density at radius 1 is 0.900 bits per heavy atom. The minimum Gasteiger partial charge on any atom is -0.449 e. The van der Waals surface area contributed by atoms with E-state index in [9.17, 15) is 14.4 Å². The number of nitrogens with one attached hydrogen (secondary N) is 3. The normalized spacial score (nSPS) is 12.4. The minimum absolute atomic E-state index is 0.144. The van der Waals surface area contributed by atoms with Gasteiger partial charge < -0.3 is 20.0 Å². The summed E-state index contributed by atoms with van der Waals surface area (Å²) in [6, 6.07) is 10.7. The number of hydrogen-bond acceptors (Lipinski definition) is 4. The number of carbonyl (C=O) groups is 2. The molecular weight excluding hydrogens is 382 g/mol. The Bertz CT molecular complexity index is 1140. The monoisotopic (exact) mass is 409 g/mol. The number of ether oxygens (including phenoxy) is 1. The predicted molar refractivity (Wildman–Crippen MR) is 117 cm³/mol. The van der Waals surface area contributed by atoms with E-state index in [-0.39, 0.29) is 11.6 Å². The van der Waals surface area contributed by atoms with E-state index >= 15 is 0 Å². The second kappa shape index (κ2) is 8.57. The smallest absolute Gasteiger partial charge is 0.339 e. The van der Waals surface area contributed by atoms with Crippen molar-refractivity contribution in [3.8, 4) is 0 Å². The van der Waals surface area contributed by atoms with E-state index in [1.807, 2.05) is 26.0 Å². The van der Waals surface area contributed by atoms with Crippen LogP contribution >= 0.6 is 0 Å². The van der Waals surface area contributed by atoms with Gasteiger partial charge in [-0.2, -0.15) is 0 Å². The average molecular weight is 409 g/mol. The summed E-state index contributed by atoms with van der Waals surface area (Å²) < 4.78 is 5.44. The van der Waals surface area contributed by atoms with Crippen LogP contribution in [-0.4, -0.2) is 27.9 Å². The SMILES string of the molecule is CC(C)c1ccc(C(=O)O[C@H](C)C(=O)Nc2ccc3[nH]c(=O)[nH]c3c2)c(C(C)C)c1. The van der Waals surface area contributed by atoms with Crippen molar-refractivity contribution < 1.29 is 14.3 Å². The number of amides is 1. The van der Waals surface area contributed by atoms with Gasteiger partial charge in [-0.3, -0.25) is 4.79 Å².